The van der Waals surface area contributed by atoms with Crippen LogP contribution in [-0.4, -0.2) is 48.7 Å². The van der Waals surface area contributed by atoms with Crippen molar-refractivity contribution in [2.24, 2.45) is 0 Å². The maximum absolute atomic E-state index is 11.9. The molecule has 0 aromatic rings. The van der Waals surface area contributed by atoms with Gasteiger partial charge in [0.25, 0.3) is 0 Å². The monoisotopic (exact) mass is 256 g/mol. The Balaban J connectivity index is 2.41. The Morgan fingerprint density at radius 1 is 1.39 bits per heavy atom. The SMILES string of the molecule is CCOC(=O)C(CCN(CC)C(C)C)NC1CC1. The molecule has 0 amide bonds. The zero-order valence-electron chi connectivity index (χ0n) is 12.2. The van der Waals surface area contributed by atoms with Gasteiger partial charge in [-0.15, -0.1) is 0 Å². The molecule has 0 radical (unpaired) electrons. The van der Waals surface area contributed by atoms with E-state index < -0.39 is 0 Å². The second-order valence-corrected chi connectivity index (χ2v) is 5.26. The summed E-state index contributed by atoms with van der Waals surface area (Å²) in [5.41, 5.74) is 0. The van der Waals surface area contributed by atoms with Gasteiger partial charge in [-0.1, -0.05) is 6.92 Å². The van der Waals surface area contributed by atoms with Gasteiger partial charge in [-0.2, -0.15) is 0 Å². The highest BCUT2D eigenvalue weighted by atomic mass is 16.5. The van der Waals surface area contributed by atoms with Gasteiger partial charge in [-0.25, -0.2) is 0 Å². The molecule has 1 aliphatic rings. The van der Waals surface area contributed by atoms with Crippen molar-refractivity contribution in [3.05, 3.63) is 0 Å². The fourth-order valence-electron chi connectivity index (χ4n) is 2.12. The fourth-order valence-corrected chi connectivity index (χ4v) is 2.12. The van der Waals surface area contributed by atoms with E-state index in [1.807, 2.05) is 6.92 Å². The van der Waals surface area contributed by atoms with Gasteiger partial charge in [-0.05, 0) is 46.6 Å². The van der Waals surface area contributed by atoms with Crippen LogP contribution in [0, 0.1) is 0 Å². The lowest BCUT2D eigenvalue weighted by molar-refractivity contribution is -0.146. The summed E-state index contributed by atoms with van der Waals surface area (Å²) in [4.78, 5) is 14.2. The molecule has 1 aliphatic carbocycles. The number of esters is 1. The van der Waals surface area contributed by atoms with Gasteiger partial charge in [0.2, 0.25) is 0 Å². The van der Waals surface area contributed by atoms with Crippen molar-refractivity contribution in [2.75, 3.05) is 19.7 Å². The number of nitrogens with one attached hydrogen (secondary N) is 1. The average Bonchev–Trinajstić information content (AvgIpc) is 3.12. The molecule has 106 valence electrons. The van der Waals surface area contributed by atoms with Gasteiger partial charge in [0.1, 0.15) is 6.04 Å². The molecule has 0 saturated heterocycles. The molecule has 0 spiro atoms. The smallest absolute Gasteiger partial charge is 0.323 e. The minimum atomic E-state index is -0.134. The van der Waals surface area contributed by atoms with E-state index in [2.05, 4.69) is 31.0 Å². The summed E-state index contributed by atoms with van der Waals surface area (Å²) >= 11 is 0. The minimum absolute atomic E-state index is 0.0933. The maximum Gasteiger partial charge on any atom is 0.323 e. The topological polar surface area (TPSA) is 41.6 Å². The van der Waals surface area contributed by atoms with Crippen molar-refractivity contribution in [1.29, 1.82) is 0 Å². The quantitative estimate of drug-likeness (QED) is 0.639. The van der Waals surface area contributed by atoms with E-state index in [0.29, 0.717) is 18.7 Å². The molecule has 1 N–H and O–H groups in total. The number of nitrogens with zero attached hydrogens (tertiary/aromatic N) is 1. The first-order valence-electron chi connectivity index (χ1n) is 7.25. The van der Waals surface area contributed by atoms with Gasteiger partial charge < -0.3 is 15.0 Å². The van der Waals surface area contributed by atoms with Crippen LogP contribution in [0.25, 0.3) is 0 Å². The lowest BCUT2D eigenvalue weighted by Gasteiger charge is -2.27. The van der Waals surface area contributed by atoms with Crippen LogP contribution in [0.2, 0.25) is 0 Å². The molecular formula is C14H28N2O2. The van der Waals surface area contributed by atoms with Crippen LogP contribution < -0.4 is 5.32 Å². The maximum atomic E-state index is 11.9. The summed E-state index contributed by atoms with van der Waals surface area (Å²) in [6.07, 6.45) is 3.22. The lowest BCUT2D eigenvalue weighted by atomic mass is 10.1. The number of hydrogen-bond donors (Lipinski definition) is 1. The number of carbonyl (C=O) groups excluding carboxylic acids is 1. The molecule has 0 heterocycles. The van der Waals surface area contributed by atoms with Gasteiger partial charge in [0, 0.05) is 18.6 Å². The van der Waals surface area contributed by atoms with Crippen LogP contribution in [0.4, 0.5) is 0 Å². The number of hydrogen-bond acceptors (Lipinski definition) is 4. The highest BCUT2D eigenvalue weighted by Crippen LogP contribution is 2.20. The lowest BCUT2D eigenvalue weighted by Crippen LogP contribution is -2.43. The molecule has 18 heavy (non-hydrogen) atoms. The summed E-state index contributed by atoms with van der Waals surface area (Å²) in [5, 5.41) is 3.39. The second kappa shape index (κ2) is 7.74. The Labute approximate surface area is 111 Å². The molecule has 0 bridgehead atoms. The van der Waals surface area contributed by atoms with Gasteiger partial charge in [-0.3, -0.25) is 4.79 Å². The highest BCUT2D eigenvalue weighted by Gasteiger charge is 2.29. The largest absolute Gasteiger partial charge is 0.465 e. The molecule has 1 unspecified atom stereocenters. The van der Waals surface area contributed by atoms with Crippen LogP contribution in [0.5, 0.6) is 0 Å². The molecular weight excluding hydrogens is 228 g/mol. The van der Waals surface area contributed by atoms with Gasteiger partial charge in [0.05, 0.1) is 6.61 Å². The van der Waals surface area contributed by atoms with Crippen LogP contribution in [0.1, 0.15) is 47.0 Å². The third kappa shape index (κ3) is 5.36. The third-order valence-corrected chi connectivity index (χ3v) is 3.43. The average molecular weight is 256 g/mol. The molecule has 4 nitrogen and oxygen atoms in total. The van der Waals surface area contributed by atoms with E-state index in [4.69, 9.17) is 4.74 Å². The second-order valence-electron chi connectivity index (χ2n) is 5.26. The van der Waals surface area contributed by atoms with E-state index >= 15 is 0 Å². The zero-order chi connectivity index (χ0) is 13.5. The number of rotatable bonds is 9. The first-order valence-corrected chi connectivity index (χ1v) is 7.25. The van der Waals surface area contributed by atoms with Gasteiger partial charge in [0.15, 0.2) is 0 Å². The molecule has 4 heteroatoms. The minimum Gasteiger partial charge on any atom is -0.465 e. The van der Waals surface area contributed by atoms with E-state index in [1.54, 1.807) is 0 Å². The van der Waals surface area contributed by atoms with Crippen LogP contribution in [-0.2, 0) is 9.53 Å². The Hall–Kier alpha value is -0.610. The Morgan fingerprint density at radius 2 is 2.06 bits per heavy atom. The summed E-state index contributed by atoms with van der Waals surface area (Å²) in [6, 6.07) is 0.928. The zero-order valence-corrected chi connectivity index (χ0v) is 12.2. The van der Waals surface area contributed by atoms with Gasteiger partial charge >= 0.3 is 5.97 Å². The number of ether oxygens (including phenoxy) is 1. The fraction of sp³-hybridized carbons (Fsp3) is 0.929. The molecule has 1 saturated carbocycles. The molecule has 1 fully saturated rings. The summed E-state index contributed by atoms with van der Waals surface area (Å²) in [6.45, 7) is 10.8. The normalized spacial score (nSPS) is 17.2. The first kappa shape index (κ1) is 15.4. The van der Waals surface area contributed by atoms with E-state index in [0.717, 1.165) is 19.5 Å². The molecule has 1 atom stereocenters. The van der Waals surface area contributed by atoms with E-state index in [-0.39, 0.29) is 12.0 Å². The van der Waals surface area contributed by atoms with E-state index in [1.165, 1.54) is 12.8 Å². The van der Waals surface area contributed by atoms with Crippen molar-refractivity contribution in [2.45, 2.75) is 65.1 Å². The van der Waals surface area contributed by atoms with Crippen molar-refractivity contribution in [1.82, 2.24) is 10.2 Å². The van der Waals surface area contributed by atoms with Crippen LogP contribution in [0.3, 0.4) is 0 Å². The summed E-state index contributed by atoms with van der Waals surface area (Å²) < 4.78 is 5.14. The van der Waals surface area contributed by atoms with Crippen molar-refractivity contribution < 1.29 is 9.53 Å². The predicted molar refractivity (Wildman–Crippen MR) is 73.6 cm³/mol. The molecule has 0 aromatic carbocycles. The molecule has 0 aliphatic heterocycles. The van der Waals surface area contributed by atoms with Crippen molar-refractivity contribution in [3.8, 4) is 0 Å². The number of carbonyl (C=O) groups is 1. The highest BCUT2D eigenvalue weighted by molar-refractivity contribution is 5.75. The van der Waals surface area contributed by atoms with Crippen LogP contribution in [0.15, 0.2) is 0 Å². The van der Waals surface area contributed by atoms with Crippen molar-refractivity contribution >= 4 is 5.97 Å². The van der Waals surface area contributed by atoms with Crippen LogP contribution >= 0.6 is 0 Å². The predicted octanol–water partition coefficient (Wildman–Crippen LogP) is 1.79. The van der Waals surface area contributed by atoms with Crippen molar-refractivity contribution in [3.63, 3.8) is 0 Å². The molecule has 0 aromatic heterocycles. The van der Waals surface area contributed by atoms with E-state index in [9.17, 15) is 4.79 Å². The molecule has 1 rings (SSSR count). The Kier molecular flexibility index (Phi) is 6.65. The standard InChI is InChI=1S/C14H28N2O2/c1-5-16(11(3)4)10-9-13(14(17)18-6-2)15-12-7-8-12/h11-13,15H,5-10H2,1-4H3. The summed E-state index contributed by atoms with van der Waals surface area (Å²) in [5.74, 6) is -0.0933. The Bertz CT molecular complexity index is 252. The first-order chi connectivity index (χ1) is 8.58. The summed E-state index contributed by atoms with van der Waals surface area (Å²) in [7, 11) is 0. The third-order valence-electron chi connectivity index (χ3n) is 3.43. The Morgan fingerprint density at radius 3 is 2.50 bits per heavy atom.